The Bertz CT molecular complexity index is 1110. The van der Waals surface area contributed by atoms with Gasteiger partial charge in [0.15, 0.2) is 5.96 Å². The van der Waals surface area contributed by atoms with E-state index in [-0.39, 0.29) is 44.7 Å². The van der Waals surface area contributed by atoms with E-state index in [9.17, 15) is 38.7 Å². The molecule has 0 saturated carbocycles. The monoisotopic (exact) mass is 627 g/mol. The first-order chi connectivity index (χ1) is 20.4. The van der Waals surface area contributed by atoms with Gasteiger partial charge in [-0.15, -0.1) is 0 Å². The number of hydrogen-bond acceptors (Lipinski definition) is 10. The second kappa shape index (κ2) is 17.0. The molecule has 248 valence electrons. The lowest BCUT2D eigenvalue weighted by atomic mass is 10.00. The highest BCUT2D eigenvalue weighted by Crippen LogP contribution is 2.22. The zero-order valence-electron chi connectivity index (χ0n) is 25.7. The lowest BCUT2D eigenvalue weighted by Crippen LogP contribution is -2.62. The first kappa shape index (κ1) is 37.5. The van der Waals surface area contributed by atoms with E-state index in [2.05, 4.69) is 26.6 Å². The number of aliphatic hydroxyl groups excluding tert-OH is 1. The number of rotatable bonds is 16. The van der Waals surface area contributed by atoms with E-state index in [1.807, 2.05) is 0 Å². The molecule has 0 unspecified atom stereocenters. The molecule has 0 spiro atoms. The van der Waals surface area contributed by atoms with Crippen molar-refractivity contribution in [2.45, 2.75) is 95.7 Å². The van der Waals surface area contributed by atoms with Crippen molar-refractivity contribution in [3.8, 4) is 0 Å². The number of ether oxygens (including phenoxy) is 1. The third-order valence-electron chi connectivity index (χ3n) is 6.55. The fourth-order valence-electron chi connectivity index (χ4n) is 4.37. The van der Waals surface area contributed by atoms with E-state index in [4.69, 9.17) is 21.6 Å². The number of nitrogens with one attached hydrogen (secondary N) is 6. The van der Waals surface area contributed by atoms with Crippen LogP contribution in [0.25, 0.3) is 0 Å². The quantitative estimate of drug-likeness (QED) is 0.0353. The summed E-state index contributed by atoms with van der Waals surface area (Å²) >= 11 is 0. The number of guanidine groups is 1. The number of Topliss-reactive ketones (excluding diaryl/α,β-unsaturated/α-hetero) is 1. The fraction of sp³-hybridized carbons (Fsp3) is 0.692. The molecule has 18 heteroatoms. The van der Waals surface area contributed by atoms with Gasteiger partial charge in [0.1, 0.15) is 23.7 Å². The van der Waals surface area contributed by atoms with Crippen LogP contribution in [0.4, 0.5) is 4.79 Å². The molecule has 1 rings (SSSR count). The normalized spacial score (nSPS) is 17.6. The van der Waals surface area contributed by atoms with Gasteiger partial charge in [0.25, 0.3) is 5.91 Å². The number of likely N-dealkylation sites (tertiary alicyclic amines) is 1. The average Bonchev–Trinajstić information content (AvgIpc) is 3.32. The van der Waals surface area contributed by atoms with Crippen LogP contribution in [-0.4, -0.2) is 113 Å². The van der Waals surface area contributed by atoms with Gasteiger partial charge in [0.05, 0.1) is 12.2 Å². The van der Waals surface area contributed by atoms with Crippen LogP contribution in [0.15, 0.2) is 0 Å². The van der Waals surface area contributed by atoms with E-state index in [0.29, 0.717) is 0 Å². The van der Waals surface area contributed by atoms with Gasteiger partial charge in [0, 0.05) is 33.0 Å². The van der Waals surface area contributed by atoms with Gasteiger partial charge in [-0.2, -0.15) is 0 Å². The summed E-state index contributed by atoms with van der Waals surface area (Å²) in [4.78, 5) is 89.1. The van der Waals surface area contributed by atoms with Crippen LogP contribution in [-0.2, 0) is 33.5 Å². The predicted octanol–water partition coefficient (Wildman–Crippen LogP) is -3.33. The van der Waals surface area contributed by atoms with Gasteiger partial charge in [-0.3, -0.25) is 34.2 Å². The number of aliphatic hydroxyl groups is 1. The SMILES string of the molecule is CNC(=O)C(=O)CC[C@H](NC(=O)OC(C)C)C(=O)N[C@@H](CCCNC(=N)N)C(=O)NC(C)(C)C(=O)N1C[C@H](O)C[C@H]1C(N)=O. The Hall–Kier alpha value is -4.48. The third kappa shape index (κ3) is 12.0. The Balaban J connectivity index is 3.18. The molecule has 4 atom stereocenters. The molecule has 6 amide bonds. The van der Waals surface area contributed by atoms with Crippen LogP contribution < -0.4 is 38.1 Å². The number of carbonyl (C=O) groups excluding carboxylic acids is 7. The van der Waals surface area contributed by atoms with E-state index < -0.39 is 83.7 Å². The van der Waals surface area contributed by atoms with Gasteiger partial charge < -0.3 is 52.8 Å². The maximum Gasteiger partial charge on any atom is 0.408 e. The van der Waals surface area contributed by atoms with Crippen LogP contribution in [0.3, 0.4) is 0 Å². The van der Waals surface area contributed by atoms with E-state index in [1.54, 1.807) is 13.8 Å². The minimum atomic E-state index is -1.62. The number of ketones is 1. The van der Waals surface area contributed by atoms with Crippen molar-refractivity contribution < 1.29 is 43.4 Å². The van der Waals surface area contributed by atoms with Gasteiger partial charge in [-0.25, -0.2) is 4.79 Å². The Morgan fingerprint density at radius 1 is 1.02 bits per heavy atom. The lowest BCUT2D eigenvalue weighted by molar-refractivity contribution is -0.144. The van der Waals surface area contributed by atoms with Gasteiger partial charge in [-0.05, 0) is 47.0 Å². The summed E-state index contributed by atoms with van der Waals surface area (Å²) < 4.78 is 5.03. The molecule has 1 fully saturated rings. The smallest absolute Gasteiger partial charge is 0.408 e. The van der Waals surface area contributed by atoms with Crippen molar-refractivity contribution in [2.24, 2.45) is 11.5 Å². The third-order valence-corrected chi connectivity index (χ3v) is 6.55. The first-order valence-corrected chi connectivity index (χ1v) is 14.1. The number of carbonyl (C=O) groups is 7. The largest absolute Gasteiger partial charge is 0.447 e. The summed E-state index contributed by atoms with van der Waals surface area (Å²) in [6, 6.07) is -3.76. The Morgan fingerprint density at radius 2 is 1.64 bits per heavy atom. The highest BCUT2D eigenvalue weighted by Gasteiger charge is 2.44. The zero-order valence-corrected chi connectivity index (χ0v) is 25.7. The molecule has 0 bridgehead atoms. The van der Waals surface area contributed by atoms with Crippen molar-refractivity contribution in [2.75, 3.05) is 20.1 Å². The topological polar surface area (TPSA) is 288 Å². The van der Waals surface area contributed by atoms with Crippen LogP contribution in [0, 0.1) is 5.41 Å². The summed E-state index contributed by atoms with van der Waals surface area (Å²) in [6.45, 7) is 5.91. The molecule has 0 radical (unpaired) electrons. The standard InChI is InChI=1S/C26H45N9O9/c1-13(2)44-25(43)33-16(8-9-18(37)22(41)30-5)20(39)32-15(7-6-10-31-24(28)29)21(40)34-26(3,4)23(42)35-12-14(36)11-17(35)19(27)38/h13-17,36H,6-12H2,1-5H3,(H2,27,38)(H,30,41)(H,32,39)(H,33,43)(H,34,40)(H4,28,29,31)/t14-,15+,16+,17+/m1/s1. The molecule has 18 nitrogen and oxygen atoms in total. The summed E-state index contributed by atoms with van der Waals surface area (Å²) in [5, 5.41) is 29.4. The van der Waals surface area contributed by atoms with Crippen molar-refractivity contribution >= 4 is 47.4 Å². The Labute approximate surface area is 255 Å². The highest BCUT2D eigenvalue weighted by molar-refractivity contribution is 6.36. The predicted molar refractivity (Wildman–Crippen MR) is 155 cm³/mol. The molecule has 11 N–H and O–H groups in total. The minimum absolute atomic E-state index is 0.0191. The second-order valence-corrected chi connectivity index (χ2v) is 11.1. The van der Waals surface area contributed by atoms with Crippen LogP contribution >= 0.6 is 0 Å². The molecule has 0 aromatic rings. The molecule has 1 aliphatic rings. The molecular weight excluding hydrogens is 582 g/mol. The number of nitrogens with zero attached hydrogens (tertiary/aromatic N) is 1. The fourth-order valence-corrected chi connectivity index (χ4v) is 4.37. The molecule has 1 aliphatic heterocycles. The van der Waals surface area contributed by atoms with E-state index >= 15 is 0 Å². The number of β-amino-alcohol motifs (C(OH)–C–C–N with tert-alkyl or cyclic N) is 1. The van der Waals surface area contributed by atoms with Crippen molar-refractivity contribution in [3.05, 3.63) is 0 Å². The molecule has 1 heterocycles. The molecular formula is C26H45N9O9. The van der Waals surface area contributed by atoms with Crippen LogP contribution in [0.2, 0.25) is 0 Å². The summed E-state index contributed by atoms with van der Waals surface area (Å²) in [5.74, 6) is -5.23. The maximum absolute atomic E-state index is 13.5. The minimum Gasteiger partial charge on any atom is -0.447 e. The van der Waals surface area contributed by atoms with Gasteiger partial charge in [0.2, 0.25) is 29.4 Å². The van der Waals surface area contributed by atoms with Crippen LogP contribution in [0.1, 0.15) is 59.8 Å². The Kier molecular flexibility index (Phi) is 14.5. The molecule has 0 aromatic heterocycles. The molecule has 0 aromatic carbocycles. The highest BCUT2D eigenvalue weighted by atomic mass is 16.6. The average molecular weight is 628 g/mol. The number of hydrogen-bond donors (Lipinski definition) is 9. The number of alkyl carbamates (subject to hydrolysis) is 1. The molecule has 1 saturated heterocycles. The molecule has 44 heavy (non-hydrogen) atoms. The van der Waals surface area contributed by atoms with E-state index in [1.165, 1.54) is 20.9 Å². The summed E-state index contributed by atoms with van der Waals surface area (Å²) in [6.07, 6.45) is -3.06. The maximum atomic E-state index is 13.5. The first-order valence-electron chi connectivity index (χ1n) is 14.1. The van der Waals surface area contributed by atoms with Crippen molar-refractivity contribution in [3.63, 3.8) is 0 Å². The van der Waals surface area contributed by atoms with Gasteiger partial charge >= 0.3 is 6.09 Å². The Morgan fingerprint density at radius 3 is 2.18 bits per heavy atom. The van der Waals surface area contributed by atoms with Crippen molar-refractivity contribution in [1.82, 2.24) is 31.5 Å². The van der Waals surface area contributed by atoms with Crippen LogP contribution in [0.5, 0.6) is 0 Å². The lowest BCUT2D eigenvalue weighted by Gasteiger charge is -2.34. The van der Waals surface area contributed by atoms with Crippen molar-refractivity contribution in [1.29, 1.82) is 5.41 Å². The summed E-state index contributed by atoms with van der Waals surface area (Å²) in [5.41, 5.74) is 9.07. The zero-order chi connectivity index (χ0) is 33.8. The van der Waals surface area contributed by atoms with Gasteiger partial charge in [-0.1, -0.05) is 0 Å². The second-order valence-electron chi connectivity index (χ2n) is 11.1. The number of nitrogens with two attached hydrogens (primary N) is 2. The molecule has 0 aliphatic carbocycles. The number of primary amides is 1. The summed E-state index contributed by atoms with van der Waals surface area (Å²) in [7, 11) is 1.26. The number of amides is 6. The number of likely N-dealkylation sites (N-methyl/N-ethyl adjacent to an activating group) is 1. The van der Waals surface area contributed by atoms with E-state index in [0.717, 1.165) is 4.90 Å².